The number of imidazole rings is 1. The molecule has 0 aliphatic carbocycles. The summed E-state index contributed by atoms with van der Waals surface area (Å²) in [6.45, 7) is 0.292. The van der Waals surface area contributed by atoms with Crippen LogP contribution in [0.25, 0.3) is 11.2 Å². The summed E-state index contributed by atoms with van der Waals surface area (Å²) in [5.74, 6) is 0.339. The average molecular weight is 429 g/mol. The van der Waals surface area contributed by atoms with E-state index in [4.69, 9.17) is 11.6 Å². The van der Waals surface area contributed by atoms with E-state index in [2.05, 4.69) is 15.5 Å². The Hall–Kier alpha value is -3.17. The normalized spacial score (nSPS) is 11.6. The third-order valence-electron chi connectivity index (χ3n) is 4.53. The number of aromatic nitrogens is 4. The van der Waals surface area contributed by atoms with Crippen LogP contribution in [0.1, 0.15) is 10.4 Å². The van der Waals surface area contributed by atoms with Crippen LogP contribution < -0.4 is 16.7 Å². The first-order chi connectivity index (χ1) is 14.0. The monoisotopic (exact) mass is 428 g/mol. The van der Waals surface area contributed by atoms with Gasteiger partial charge < -0.3 is 0 Å². The quantitative estimate of drug-likeness (QED) is 0.391. The third-order valence-corrected chi connectivity index (χ3v) is 5.71. The molecule has 0 saturated heterocycles. The summed E-state index contributed by atoms with van der Waals surface area (Å²) < 4.78 is 4.09. The van der Waals surface area contributed by atoms with Crippen LogP contribution in [-0.2, 0) is 20.6 Å². The van der Waals surface area contributed by atoms with Crippen LogP contribution in [0.15, 0.2) is 56.5 Å². The molecule has 0 atom stereocenters. The van der Waals surface area contributed by atoms with Gasteiger partial charge in [-0.3, -0.25) is 18.5 Å². The molecule has 0 fully saturated rings. The zero-order valence-electron chi connectivity index (χ0n) is 15.7. The van der Waals surface area contributed by atoms with Crippen molar-refractivity contribution in [1.82, 2.24) is 18.7 Å². The maximum Gasteiger partial charge on any atom is 0.332 e. The van der Waals surface area contributed by atoms with Crippen molar-refractivity contribution >= 4 is 46.3 Å². The third kappa shape index (κ3) is 3.50. The maximum absolute atomic E-state index is 12.9. The molecule has 4 rings (SSSR count). The van der Waals surface area contributed by atoms with Gasteiger partial charge in [-0.2, -0.15) is 10.1 Å². The van der Waals surface area contributed by atoms with E-state index in [-0.39, 0.29) is 5.65 Å². The summed E-state index contributed by atoms with van der Waals surface area (Å²) in [4.78, 5) is 30.6. The minimum Gasteiger partial charge on any atom is -0.298 e. The maximum atomic E-state index is 12.9. The van der Waals surface area contributed by atoms with Gasteiger partial charge in [0.1, 0.15) is 0 Å². The number of benzene rings is 1. The zero-order chi connectivity index (χ0) is 20.5. The molecule has 3 aromatic heterocycles. The number of hydrogen-bond donors (Lipinski definition) is 1. The molecule has 3 heterocycles. The first-order valence-electron chi connectivity index (χ1n) is 8.69. The van der Waals surface area contributed by atoms with Crippen LogP contribution in [0.5, 0.6) is 0 Å². The fourth-order valence-corrected chi connectivity index (χ4v) is 3.78. The Labute approximate surface area is 174 Å². The van der Waals surface area contributed by atoms with Gasteiger partial charge in [0.05, 0.1) is 12.8 Å². The molecule has 1 N–H and O–H groups in total. The van der Waals surface area contributed by atoms with E-state index in [1.165, 1.54) is 11.6 Å². The van der Waals surface area contributed by atoms with E-state index in [1.54, 1.807) is 35.2 Å². The summed E-state index contributed by atoms with van der Waals surface area (Å²) in [5.41, 5.74) is 3.40. The molecule has 148 valence electrons. The van der Waals surface area contributed by atoms with E-state index in [1.807, 2.05) is 35.7 Å². The summed E-state index contributed by atoms with van der Waals surface area (Å²) in [5, 5.41) is 6.76. The first-order valence-corrected chi connectivity index (χ1v) is 9.95. The second-order valence-corrected chi connectivity index (χ2v) is 7.76. The summed E-state index contributed by atoms with van der Waals surface area (Å²) >= 11 is 7.87. The van der Waals surface area contributed by atoms with Crippen molar-refractivity contribution in [2.75, 3.05) is 5.43 Å². The number of hydrazone groups is 1. The van der Waals surface area contributed by atoms with Crippen LogP contribution in [-0.4, -0.2) is 24.9 Å². The van der Waals surface area contributed by atoms with Gasteiger partial charge in [0.25, 0.3) is 5.56 Å². The van der Waals surface area contributed by atoms with E-state index in [0.29, 0.717) is 23.0 Å². The zero-order valence-corrected chi connectivity index (χ0v) is 17.2. The van der Waals surface area contributed by atoms with Gasteiger partial charge >= 0.3 is 5.69 Å². The molecule has 0 spiro atoms. The van der Waals surface area contributed by atoms with Crippen LogP contribution in [0.2, 0.25) is 5.02 Å². The van der Waals surface area contributed by atoms with E-state index in [9.17, 15) is 9.59 Å². The van der Waals surface area contributed by atoms with E-state index < -0.39 is 11.2 Å². The molecule has 0 saturated carbocycles. The van der Waals surface area contributed by atoms with Gasteiger partial charge in [-0.1, -0.05) is 35.9 Å². The number of nitrogens with one attached hydrogen (secondary N) is 1. The van der Waals surface area contributed by atoms with Gasteiger partial charge in [-0.15, -0.1) is 11.3 Å². The summed E-state index contributed by atoms with van der Waals surface area (Å²) in [6.07, 6.45) is 1.67. The fourth-order valence-electron chi connectivity index (χ4n) is 3.00. The molecular formula is C19H17ClN6O2S. The predicted molar refractivity (Wildman–Crippen MR) is 116 cm³/mol. The van der Waals surface area contributed by atoms with Crippen LogP contribution >= 0.6 is 22.9 Å². The Morgan fingerprint density at radius 3 is 2.69 bits per heavy atom. The number of rotatable bonds is 5. The molecular weight excluding hydrogens is 412 g/mol. The molecule has 0 unspecified atom stereocenters. The second-order valence-electron chi connectivity index (χ2n) is 6.38. The highest BCUT2D eigenvalue weighted by Gasteiger charge is 2.19. The predicted octanol–water partition coefficient (Wildman–Crippen LogP) is 2.64. The largest absolute Gasteiger partial charge is 0.332 e. The fraction of sp³-hybridized carbons (Fsp3) is 0.158. The molecule has 0 amide bonds. The molecule has 29 heavy (non-hydrogen) atoms. The van der Waals surface area contributed by atoms with Crippen molar-refractivity contribution in [2.24, 2.45) is 19.2 Å². The van der Waals surface area contributed by atoms with Crippen molar-refractivity contribution in [1.29, 1.82) is 0 Å². The van der Waals surface area contributed by atoms with Gasteiger partial charge in [-0.05, 0) is 23.1 Å². The molecule has 8 nitrogen and oxygen atoms in total. The summed E-state index contributed by atoms with van der Waals surface area (Å²) in [6, 6.07) is 11.2. The highest BCUT2D eigenvalue weighted by Crippen LogP contribution is 2.22. The van der Waals surface area contributed by atoms with Crippen molar-refractivity contribution < 1.29 is 0 Å². The molecule has 4 aromatic rings. The van der Waals surface area contributed by atoms with Crippen molar-refractivity contribution in [2.45, 2.75) is 6.54 Å². The molecule has 10 heteroatoms. The SMILES string of the molecule is Cn1c(=O)c2c(nc(N/N=C\c3cccs3)n2Cc2ccccc2Cl)n(C)c1=O. The van der Waals surface area contributed by atoms with Crippen LogP contribution in [0.3, 0.4) is 0 Å². The molecule has 0 aliphatic heterocycles. The number of fused-ring (bicyclic) bond motifs is 1. The first kappa shape index (κ1) is 19.2. The van der Waals surface area contributed by atoms with Gasteiger partial charge in [0.15, 0.2) is 11.2 Å². The lowest BCUT2D eigenvalue weighted by Gasteiger charge is -2.10. The van der Waals surface area contributed by atoms with Crippen LogP contribution in [0.4, 0.5) is 5.95 Å². The van der Waals surface area contributed by atoms with Crippen molar-refractivity contribution in [3.05, 3.63) is 78.1 Å². The lowest BCUT2D eigenvalue weighted by Crippen LogP contribution is -2.37. The number of hydrogen-bond acceptors (Lipinski definition) is 6. The highest BCUT2D eigenvalue weighted by molar-refractivity contribution is 7.11. The van der Waals surface area contributed by atoms with Crippen molar-refractivity contribution in [3.63, 3.8) is 0 Å². The number of aryl methyl sites for hydroxylation is 1. The lowest BCUT2D eigenvalue weighted by molar-refractivity contribution is 0.702. The molecule has 0 radical (unpaired) electrons. The standard InChI is InChI=1S/C19H17ClN6O2S/c1-24-16-15(17(27)25(2)19(24)28)26(11-12-6-3-4-8-14(12)20)18(22-16)23-21-10-13-7-5-9-29-13/h3-10H,11H2,1-2H3,(H,22,23)/b21-10-. The smallest absolute Gasteiger partial charge is 0.298 e. The summed E-state index contributed by atoms with van der Waals surface area (Å²) in [7, 11) is 3.02. The van der Waals surface area contributed by atoms with E-state index in [0.717, 1.165) is 15.0 Å². The number of thiophene rings is 1. The lowest BCUT2D eigenvalue weighted by atomic mass is 10.2. The number of nitrogens with zero attached hydrogens (tertiary/aromatic N) is 5. The highest BCUT2D eigenvalue weighted by atomic mass is 35.5. The number of anilines is 1. The second kappa shape index (κ2) is 7.69. The topological polar surface area (TPSA) is 86.2 Å². The molecule has 1 aromatic carbocycles. The average Bonchev–Trinajstić information content (AvgIpc) is 3.35. The Balaban J connectivity index is 1.88. The molecule has 0 bridgehead atoms. The Morgan fingerprint density at radius 1 is 1.17 bits per heavy atom. The minimum atomic E-state index is -0.446. The minimum absolute atomic E-state index is 0.277. The van der Waals surface area contributed by atoms with Crippen molar-refractivity contribution in [3.8, 4) is 0 Å². The molecule has 0 aliphatic rings. The van der Waals surface area contributed by atoms with Gasteiger partial charge in [-0.25, -0.2) is 10.2 Å². The Kier molecular flexibility index (Phi) is 5.08. The van der Waals surface area contributed by atoms with E-state index >= 15 is 0 Å². The van der Waals surface area contributed by atoms with Crippen LogP contribution in [0, 0.1) is 0 Å². The Bertz CT molecular complexity index is 1330. The van der Waals surface area contributed by atoms with Gasteiger partial charge in [0.2, 0.25) is 5.95 Å². The number of halogens is 1. The Morgan fingerprint density at radius 2 is 1.97 bits per heavy atom. The van der Waals surface area contributed by atoms with Gasteiger partial charge in [0, 0.05) is 24.0 Å².